The highest BCUT2D eigenvalue weighted by atomic mass is 16.3. The molecule has 0 spiro atoms. The van der Waals surface area contributed by atoms with E-state index in [0.29, 0.717) is 11.5 Å². The average molecular weight is 462 g/mol. The molecule has 0 amide bonds. The lowest BCUT2D eigenvalue weighted by Crippen LogP contribution is -2.02. The fourth-order valence-electron chi connectivity index (χ4n) is 5.37. The van der Waals surface area contributed by atoms with Gasteiger partial charge in [-0.3, -0.25) is 4.57 Å². The van der Waals surface area contributed by atoms with Gasteiger partial charge in [0.1, 0.15) is 5.58 Å². The van der Waals surface area contributed by atoms with Gasteiger partial charge in [0.05, 0.1) is 16.4 Å². The number of nitrogens with zero attached hydrogens (tertiary/aromatic N) is 3. The van der Waals surface area contributed by atoms with Gasteiger partial charge in [0.25, 0.3) is 0 Å². The van der Waals surface area contributed by atoms with E-state index in [4.69, 9.17) is 14.4 Å². The Bertz CT molecular complexity index is 2100. The molecule has 8 rings (SSSR count). The highest BCUT2D eigenvalue weighted by Gasteiger charge is 2.21. The number of furan rings is 1. The van der Waals surface area contributed by atoms with Crippen LogP contribution in [0.25, 0.3) is 71.9 Å². The minimum Gasteiger partial charge on any atom is -0.437 e. The van der Waals surface area contributed by atoms with E-state index in [1.165, 1.54) is 21.5 Å². The molecule has 5 aromatic carbocycles. The number of rotatable bonds is 2. The van der Waals surface area contributed by atoms with Crippen molar-refractivity contribution >= 4 is 54.6 Å². The summed E-state index contributed by atoms with van der Waals surface area (Å²) in [6.07, 6.45) is 0. The summed E-state index contributed by atoms with van der Waals surface area (Å²) in [5.74, 6) is 1.47. The minimum absolute atomic E-state index is 0.590. The predicted octanol–water partition coefficient (Wildman–Crippen LogP) is 8.29. The molecule has 168 valence electrons. The first kappa shape index (κ1) is 19.4. The molecule has 0 unspecified atom stereocenters. The molecule has 0 bridgehead atoms. The van der Waals surface area contributed by atoms with Crippen molar-refractivity contribution in [1.82, 2.24) is 14.5 Å². The van der Waals surface area contributed by atoms with E-state index in [-0.39, 0.29) is 0 Å². The second-order valence-corrected chi connectivity index (χ2v) is 9.08. The van der Waals surface area contributed by atoms with Crippen molar-refractivity contribution in [3.63, 3.8) is 0 Å². The number of benzene rings is 5. The van der Waals surface area contributed by atoms with Gasteiger partial charge in [-0.05, 0) is 35.0 Å². The maximum Gasteiger partial charge on any atom is 0.233 e. The molecule has 3 aromatic heterocycles. The standard InChI is InChI=1S/C32H19N3O/c1-2-10-20(11-3-1)30-33-31(29-24-15-7-9-17-28(24)36-32(29)34-30)35-26-16-8-6-14-23(26)25-18-21-12-4-5-13-22(21)19-27(25)35/h1-19H. The fraction of sp³-hybridized carbons (Fsp3) is 0. The van der Waals surface area contributed by atoms with Gasteiger partial charge in [-0.15, -0.1) is 0 Å². The van der Waals surface area contributed by atoms with Gasteiger partial charge in [-0.25, -0.2) is 4.98 Å². The van der Waals surface area contributed by atoms with Gasteiger partial charge in [0.15, 0.2) is 11.6 Å². The molecule has 4 nitrogen and oxygen atoms in total. The normalized spacial score (nSPS) is 11.9. The number of fused-ring (bicyclic) bond motifs is 7. The Kier molecular flexibility index (Phi) is 3.91. The molecule has 0 aliphatic carbocycles. The van der Waals surface area contributed by atoms with Gasteiger partial charge < -0.3 is 4.42 Å². The van der Waals surface area contributed by atoms with E-state index < -0.39 is 0 Å². The highest BCUT2D eigenvalue weighted by molar-refractivity contribution is 6.16. The summed E-state index contributed by atoms with van der Waals surface area (Å²) in [6, 6.07) is 39.8. The molecule has 0 aliphatic rings. The lowest BCUT2D eigenvalue weighted by atomic mass is 10.1. The first-order valence-corrected chi connectivity index (χ1v) is 12.0. The lowest BCUT2D eigenvalue weighted by molar-refractivity contribution is 0.653. The van der Waals surface area contributed by atoms with E-state index in [1.54, 1.807) is 0 Å². The molecule has 0 saturated heterocycles. The summed E-state index contributed by atoms with van der Waals surface area (Å²) < 4.78 is 8.56. The summed E-state index contributed by atoms with van der Waals surface area (Å²) in [7, 11) is 0. The third-order valence-electron chi connectivity index (χ3n) is 7.00. The monoisotopic (exact) mass is 461 g/mol. The average Bonchev–Trinajstić information content (AvgIpc) is 3.47. The first-order valence-electron chi connectivity index (χ1n) is 12.0. The van der Waals surface area contributed by atoms with Gasteiger partial charge >= 0.3 is 0 Å². The van der Waals surface area contributed by atoms with Crippen LogP contribution in [0.5, 0.6) is 0 Å². The van der Waals surface area contributed by atoms with Gasteiger partial charge in [-0.1, -0.05) is 91.0 Å². The Balaban J connectivity index is 1.59. The quantitative estimate of drug-likeness (QED) is 0.260. The van der Waals surface area contributed by atoms with E-state index in [9.17, 15) is 0 Å². The zero-order valence-corrected chi connectivity index (χ0v) is 19.2. The Hall–Kier alpha value is -4.96. The lowest BCUT2D eigenvalue weighted by Gasteiger charge is -2.11. The molecule has 0 N–H and O–H groups in total. The van der Waals surface area contributed by atoms with Crippen LogP contribution in [-0.4, -0.2) is 14.5 Å². The molecule has 0 saturated carbocycles. The van der Waals surface area contributed by atoms with Crippen LogP contribution in [-0.2, 0) is 0 Å². The van der Waals surface area contributed by atoms with Crippen molar-refractivity contribution in [1.29, 1.82) is 0 Å². The summed E-state index contributed by atoms with van der Waals surface area (Å²) >= 11 is 0. The van der Waals surface area contributed by atoms with E-state index in [2.05, 4.69) is 71.3 Å². The maximum absolute atomic E-state index is 6.28. The smallest absolute Gasteiger partial charge is 0.233 e. The van der Waals surface area contributed by atoms with E-state index >= 15 is 0 Å². The maximum atomic E-state index is 6.28. The van der Waals surface area contributed by atoms with Crippen LogP contribution in [0.3, 0.4) is 0 Å². The van der Waals surface area contributed by atoms with Crippen LogP contribution < -0.4 is 0 Å². The Labute approximate surface area is 206 Å². The summed E-state index contributed by atoms with van der Waals surface area (Å²) in [4.78, 5) is 10.1. The van der Waals surface area contributed by atoms with Crippen molar-refractivity contribution in [2.75, 3.05) is 0 Å². The highest BCUT2D eigenvalue weighted by Crippen LogP contribution is 2.39. The van der Waals surface area contributed by atoms with E-state index in [1.807, 2.05) is 48.5 Å². The largest absolute Gasteiger partial charge is 0.437 e. The van der Waals surface area contributed by atoms with Crippen LogP contribution in [0.1, 0.15) is 0 Å². The van der Waals surface area contributed by atoms with Crippen LogP contribution >= 0.6 is 0 Å². The molecule has 0 atom stereocenters. The topological polar surface area (TPSA) is 43.9 Å². The number of hydrogen-bond donors (Lipinski definition) is 0. The van der Waals surface area contributed by atoms with Crippen LogP contribution in [0, 0.1) is 0 Å². The molecule has 0 aliphatic heterocycles. The summed E-state index contributed by atoms with van der Waals surface area (Å²) in [5.41, 5.74) is 4.56. The zero-order valence-electron chi connectivity index (χ0n) is 19.2. The molecule has 36 heavy (non-hydrogen) atoms. The van der Waals surface area contributed by atoms with Crippen molar-refractivity contribution in [3.8, 4) is 17.2 Å². The molecular weight excluding hydrogens is 442 g/mol. The number of aromatic nitrogens is 3. The minimum atomic E-state index is 0.590. The second-order valence-electron chi connectivity index (χ2n) is 9.08. The Morgan fingerprint density at radius 3 is 2.11 bits per heavy atom. The number of hydrogen-bond acceptors (Lipinski definition) is 3. The third-order valence-corrected chi connectivity index (χ3v) is 7.00. The second kappa shape index (κ2) is 7.27. The molecule has 3 heterocycles. The van der Waals surface area contributed by atoms with Crippen LogP contribution in [0.2, 0.25) is 0 Å². The van der Waals surface area contributed by atoms with Crippen molar-refractivity contribution < 1.29 is 4.42 Å². The van der Waals surface area contributed by atoms with Crippen LogP contribution in [0.4, 0.5) is 0 Å². The van der Waals surface area contributed by atoms with E-state index in [0.717, 1.165) is 38.8 Å². The summed E-state index contributed by atoms with van der Waals surface area (Å²) in [5, 5.41) is 6.73. The Morgan fingerprint density at radius 2 is 1.25 bits per heavy atom. The van der Waals surface area contributed by atoms with Crippen molar-refractivity contribution in [2.45, 2.75) is 0 Å². The van der Waals surface area contributed by atoms with Crippen molar-refractivity contribution in [3.05, 3.63) is 115 Å². The molecule has 0 fully saturated rings. The number of para-hydroxylation sites is 2. The van der Waals surface area contributed by atoms with Gasteiger partial charge in [-0.2, -0.15) is 4.98 Å². The molecular formula is C32H19N3O. The van der Waals surface area contributed by atoms with Crippen molar-refractivity contribution in [2.24, 2.45) is 0 Å². The fourth-order valence-corrected chi connectivity index (χ4v) is 5.37. The SMILES string of the molecule is c1ccc(-c2nc(-n3c4ccccc4c4cc5ccccc5cc43)c3c(n2)oc2ccccc23)cc1. The third kappa shape index (κ3) is 2.70. The Morgan fingerprint density at radius 1 is 0.556 bits per heavy atom. The van der Waals surface area contributed by atoms with Gasteiger partial charge in [0, 0.05) is 21.7 Å². The summed E-state index contributed by atoms with van der Waals surface area (Å²) in [6.45, 7) is 0. The molecule has 8 aromatic rings. The van der Waals surface area contributed by atoms with Gasteiger partial charge in [0.2, 0.25) is 5.71 Å². The molecule has 4 heteroatoms. The molecule has 0 radical (unpaired) electrons. The van der Waals surface area contributed by atoms with Crippen LogP contribution in [0.15, 0.2) is 120 Å². The zero-order chi connectivity index (χ0) is 23.6. The first-order chi connectivity index (χ1) is 17.8. The predicted molar refractivity (Wildman–Crippen MR) is 147 cm³/mol.